The molecule has 0 aliphatic heterocycles. The molecule has 0 heterocycles. The van der Waals surface area contributed by atoms with E-state index in [0.717, 1.165) is 0 Å². The third kappa shape index (κ3) is 4.73. The lowest BCUT2D eigenvalue weighted by Crippen LogP contribution is -2.40. The van der Waals surface area contributed by atoms with Gasteiger partial charge in [0.1, 0.15) is 6.23 Å². The monoisotopic (exact) mass is 173 g/mol. The number of nitrogens with zero attached hydrogens (tertiary/aromatic N) is 1. The van der Waals surface area contributed by atoms with Crippen LogP contribution in [0.1, 0.15) is 34.6 Å². The second kappa shape index (κ2) is 4.24. The molecular weight excluding hydrogens is 150 g/mol. The summed E-state index contributed by atoms with van der Waals surface area (Å²) < 4.78 is 5.89. The maximum atomic E-state index is 5.89. The molecule has 0 saturated heterocycles. The van der Waals surface area contributed by atoms with Crippen molar-refractivity contribution in [2.24, 2.45) is 5.92 Å². The van der Waals surface area contributed by atoms with Gasteiger partial charge in [0.05, 0.1) is 5.60 Å². The first-order valence-electron chi connectivity index (χ1n) is 4.58. The Labute approximate surface area is 76.9 Å². The molecule has 0 aromatic heterocycles. The molecule has 1 atom stereocenters. The fourth-order valence-electron chi connectivity index (χ4n) is 1.20. The second-order valence-electron chi connectivity index (χ2n) is 4.83. The minimum absolute atomic E-state index is 0.0563. The van der Waals surface area contributed by atoms with Gasteiger partial charge in [-0.3, -0.25) is 4.90 Å². The van der Waals surface area contributed by atoms with E-state index in [1.54, 1.807) is 0 Å². The zero-order chi connectivity index (χ0) is 9.94. The molecule has 0 aromatic rings. The number of hydrogen-bond donors (Lipinski definition) is 0. The van der Waals surface area contributed by atoms with E-state index in [-0.39, 0.29) is 11.8 Å². The van der Waals surface area contributed by atoms with Crippen LogP contribution in [0.4, 0.5) is 0 Å². The fourth-order valence-corrected chi connectivity index (χ4v) is 1.20. The Morgan fingerprint density at radius 2 is 1.50 bits per heavy atom. The second-order valence-corrected chi connectivity index (χ2v) is 4.83. The molecule has 0 rings (SSSR count). The van der Waals surface area contributed by atoms with E-state index < -0.39 is 0 Å². The van der Waals surface area contributed by atoms with Crippen molar-refractivity contribution >= 4 is 0 Å². The van der Waals surface area contributed by atoms with Crippen molar-refractivity contribution in [3.05, 3.63) is 0 Å². The first-order valence-corrected chi connectivity index (χ1v) is 4.58. The molecule has 2 nitrogen and oxygen atoms in total. The van der Waals surface area contributed by atoms with E-state index >= 15 is 0 Å². The highest BCUT2D eigenvalue weighted by atomic mass is 16.5. The summed E-state index contributed by atoms with van der Waals surface area (Å²) in [5, 5.41) is 0. The third-order valence-electron chi connectivity index (χ3n) is 1.55. The fraction of sp³-hybridized carbons (Fsp3) is 1.00. The molecule has 1 unspecified atom stereocenters. The van der Waals surface area contributed by atoms with Crippen LogP contribution in [-0.4, -0.2) is 30.8 Å². The average molecular weight is 173 g/mol. The molecule has 0 aliphatic rings. The molecule has 0 saturated carbocycles. The molecule has 2 heteroatoms. The normalized spacial score (nSPS) is 15.8. The van der Waals surface area contributed by atoms with E-state index in [0.29, 0.717) is 5.92 Å². The summed E-state index contributed by atoms with van der Waals surface area (Å²) in [6.07, 6.45) is 0.213. The van der Waals surface area contributed by atoms with Gasteiger partial charge in [0.2, 0.25) is 0 Å². The average Bonchev–Trinajstić information content (AvgIpc) is 1.79. The van der Waals surface area contributed by atoms with Gasteiger partial charge in [0, 0.05) is 0 Å². The van der Waals surface area contributed by atoms with E-state index in [4.69, 9.17) is 4.74 Å². The molecule has 0 fully saturated rings. The Hall–Kier alpha value is -0.0800. The molecular formula is C10H23NO. The highest BCUT2D eigenvalue weighted by Gasteiger charge is 2.22. The first kappa shape index (κ1) is 11.9. The summed E-state index contributed by atoms with van der Waals surface area (Å²) in [5.74, 6) is 0.527. The maximum Gasteiger partial charge on any atom is 0.113 e. The third-order valence-corrected chi connectivity index (χ3v) is 1.55. The van der Waals surface area contributed by atoms with Crippen LogP contribution in [0.2, 0.25) is 0 Å². The van der Waals surface area contributed by atoms with Gasteiger partial charge in [-0.05, 0) is 40.8 Å². The maximum absolute atomic E-state index is 5.89. The van der Waals surface area contributed by atoms with Gasteiger partial charge in [-0.25, -0.2) is 0 Å². The largest absolute Gasteiger partial charge is 0.357 e. The van der Waals surface area contributed by atoms with Crippen LogP contribution in [0.3, 0.4) is 0 Å². The minimum atomic E-state index is -0.0563. The Kier molecular flexibility index (Phi) is 4.21. The van der Waals surface area contributed by atoms with Crippen molar-refractivity contribution < 1.29 is 4.74 Å². The van der Waals surface area contributed by atoms with Gasteiger partial charge in [-0.2, -0.15) is 0 Å². The van der Waals surface area contributed by atoms with Gasteiger partial charge in [-0.1, -0.05) is 13.8 Å². The van der Waals surface area contributed by atoms with Crippen LogP contribution in [-0.2, 0) is 4.74 Å². The minimum Gasteiger partial charge on any atom is -0.357 e. The molecule has 0 amide bonds. The molecule has 0 aromatic carbocycles. The molecule has 0 spiro atoms. The molecule has 74 valence electrons. The first-order chi connectivity index (χ1) is 5.24. The van der Waals surface area contributed by atoms with Gasteiger partial charge in [0.15, 0.2) is 0 Å². The molecule has 0 bridgehead atoms. The van der Waals surface area contributed by atoms with Gasteiger partial charge >= 0.3 is 0 Å². The molecule has 12 heavy (non-hydrogen) atoms. The van der Waals surface area contributed by atoms with Crippen molar-refractivity contribution in [2.75, 3.05) is 14.1 Å². The van der Waals surface area contributed by atoms with E-state index in [1.165, 1.54) is 0 Å². The van der Waals surface area contributed by atoms with Crippen molar-refractivity contribution in [3.8, 4) is 0 Å². The van der Waals surface area contributed by atoms with Crippen molar-refractivity contribution in [2.45, 2.75) is 46.4 Å². The van der Waals surface area contributed by atoms with Gasteiger partial charge < -0.3 is 4.74 Å². The summed E-state index contributed by atoms with van der Waals surface area (Å²) in [4.78, 5) is 2.12. The van der Waals surface area contributed by atoms with Crippen molar-refractivity contribution in [1.29, 1.82) is 0 Å². The van der Waals surface area contributed by atoms with Crippen molar-refractivity contribution in [1.82, 2.24) is 4.90 Å². The van der Waals surface area contributed by atoms with Crippen molar-refractivity contribution in [3.63, 3.8) is 0 Å². The summed E-state index contributed by atoms with van der Waals surface area (Å²) in [6.45, 7) is 10.6. The summed E-state index contributed by atoms with van der Waals surface area (Å²) >= 11 is 0. The Morgan fingerprint density at radius 3 is 1.58 bits per heavy atom. The highest BCUT2D eigenvalue weighted by Crippen LogP contribution is 2.17. The topological polar surface area (TPSA) is 12.5 Å². The van der Waals surface area contributed by atoms with Crippen LogP contribution < -0.4 is 0 Å². The molecule has 0 N–H and O–H groups in total. The number of rotatable bonds is 3. The van der Waals surface area contributed by atoms with Gasteiger partial charge in [-0.15, -0.1) is 0 Å². The molecule has 0 radical (unpaired) electrons. The van der Waals surface area contributed by atoms with Gasteiger partial charge in [0.25, 0.3) is 0 Å². The predicted molar refractivity (Wildman–Crippen MR) is 53.2 cm³/mol. The quantitative estimate of drug-likeness (QED) is 0.607. The standard InChI is InChI=1S/C10H23NO/c1-8(2)9(11(6)7)12-10(3,4)5/h8-9H,1-7H3. The van der Waals surface area contributed by atoms with E-state index in [2.05, 4.69) is 53.6 Å². The number of ether oxygens (including phenoxy) is 1. The predicted octanol–water partition coefficient (Wildman–Crippen LogP) is 2.35. The molecule has 0 aliphatic carbocycles. The Balaban J connectivity index is 4.15. The zero-order valence-corrected chi connectivity index (χ0v) is 9.51. The highest BCUT2D eigenvalue weighted by molar-refractivity contribution is 4.66. The van der Waals surface area contributed by atoms with Crippen LogP contribution in [0.5, 0.6) is 0 Å². The number of hydrogen-bond acceptors (Lipinski definition) is 2. The zero-order valence-electron chi connectivity index (χ0n) is 9.51. The summed E-state index contributed by atoms with van der Waals surface area (Å²) in [7, 11) is 4.10. The van der Waals surface area contributed by atoms with Crippen LogP contribution in [0.25, 0.3) is 0 Å². The Bertz CT molecular complexity index is 116. The SMILES string of the molecule is CC(C)C(OC(C)(C)C)N(C)C. The lowest BCUT2D eigenvalue weighted by molar-refractivity contribution is -0.138. The summed E-state index contributed by atoms with van der Waals surface area (Å²) in [5.41, 5.74) is -0.0563. The van der Waals surface area contributed by atoms with Crippen LogP contribution in [0.15, 0.2) is 0 Å². The van der Waals surface area contributed by atoms with E-state index in [9.17, 15) is 0 Å². The lowest BCUT2D eigenvalue weighted by Gasteiger charge is -2.34. The smallest absolute Gasteiger partial charge is 0.113 e. The van der Waals surface area contributed by atoms with Crippen LogP contribution in [0, 0.1) is 5.92 Å². The summed E-state index contributed by atoms with van der Waals surface area (Å²) in [6, 6.07) is 0. The Morgan fingerprint density at radius 1 is 1.08 bits per heavy atom. The van der Waals surface area contributed by atoms with E-state index in [1.807, 2.05) is 0 Å². The lowest BCUT2D eigenvalue weighted by atomic mass is 10.1. The van der Waals surface area contributed by atoms with Crippen LogP contribution >= 0.6 is 0 Å².